The lowest BCUT2D eigenvalue weighted by molar-refractivity contribution is 0.149. The van der Waals surface area contributed by atoms with Gasteiger partial charge in [0.2, 0.25) is 0 Å². The van der Waals surface area contributed by atoms with Gasteiger partial charge in [0.25, 0.3) is 6.43 Å². The van der Waals surface area contributed by atoms with Crippen LogP contribution in [-0.2, 0) is 5.88 Å². The summed E-state index contributed by atoms with van der Waals surface area (Å²) >= 11 is 5.38. The van der Waals surface area contributed by atoms with Crippen LogP contribution in [0.2, 0.25) is 0 Å². The molecule has 0 aliphatic rings. The van der Waals surface area contributed by atoms with Crippen molar-refractivity contribution in [3.8, 4) is 0 Å². The molecular formula is C8H7ClF3N. The van der Waals surface area contributed by atoms with Crippen molar-refractivity contribution in [3.05, 3.63) is 28.8 Å². The molecule has 0 unspecified atom stereocenters. The van der Waals surface area contributed by atoms with Gasteiger partial charge in [0.15, 0.2) is 0 Å². The van der Waals surface area contributed by atoms with E-state index in [2.05, 4.69) is 4.98 Å². The molecule has 72 valence electrons. The van der Waals surface area contributed by atoms with Crippen molar-refractivity contribution in [3.63, 3.8) is 0 Å². The fourth-order valence-corrected chi connectivity index (χ4v) is 1.15. The fraction of sp³-hybridized carbons (Fsp3) is 0.375. The largest absolute Gasteiger partial charge is 0.265 e. The molecule has 0 aliphatic heterocycles. The number of hydrogen-bond acceptors (Lipinski definition) is 1. The van der Waals surface area contributed by atoms with E-state index in [0.29, 0.717) is 0 Å². The summed E-state index contributed by atoms with van der Waals surface area (Å²) in [5, 5.41) is 0. The van der Waals surface area contributed by atoms with Crippen molar-refractivity contribution in [2.45, 2.75) is 19.2 Å². The lowest BCUT2D eigenvalue weighted by Gasteiger charge is -2.06. The Bertz CT molecular complexity index is 315. The normalized spacial score (nSPS) is 10.9. The highest BCUT2D eigenvalue weighted by molar-refractivity contribution is 6.17. The molecule has 1 aromatic rings. The Morgan fingerprint density at radius 1 is 1.54 bits per heavy atom. The number of hydrogen-bond donors (Lipinski definition) is 0. The number of aromatic nitrogens is 1. The third-order valence-corrected chi connectivity index (χ3v) is 1.88. The third kappa shape index (κ3) is 2.12. The summed E-state index contributed by atoms with van der Waals surface area (Å²) in [5.41, 5.74) is -0.311. The zero-order valence-corrected chi connectivity index (χ0v) is 7.58. The van der Waals surface area contributed by atoms with E-state index in [1.807, 2.05) is 0 Å². The van der Waals surface area contributed by atoms with E-state index in [4.69, 9.17) is 11.6 Å². The number of alkyl halides is 3. The SMILES string of the molecule is Cc1nc(CCl)c(C(F)F)cc1F. The van der Waals surface area contributed by atoms with Crippen LogP contribution in [0, 0.1) is 12.7 Å². The molecule has 1 aromatic heterocycles. The van der Waals surface area contributed by atoms with E-state index in [-0.39, 0.29) is 17.3 Å². The molecule has 0 fully saturated rings. The van der Waals surface area contributed by atoms with Crippen LogP contribution in [0.15, 0.2) is 6.07 Å². The first-order chi connectivity index (χ1) is 6.06. The van der Waals surface area contributed by atoms with Crippen LogP contribution in [0.4, 0.5) is 13.2 Å². The molecule has 1 nitrogen and oxygen atoms in total. The van der Waals surface area contributed by atoms with Gasteiger partial charge in [-0.05, 0) is 13.0 Å². The summed E-state index contributed by atoms with van der Waals surface area (Å²) in [6.07, 6.45) is -2.74. The highest BCUT2D eigenvalue weighted by Gasteiger charge is 2.16. The molecule has 1 rings (SSSR count). The molecule has 0 N–H and O–H groups in total. The first kappa shape index (κ1) is 10.3. The lowest BCUT2D eigenvalue weighted by Crippen LogP contribution is -2.00. The minimum Gasteiger partial charge on any atom is -0.253 e. The average Bonchev–Trinajstić information content (AvgIpc) is 2.08. The van der Waals surface area contributed by atoms with E-state index in [0.717, 1.165) is 6.07 Å². The summed E-state index contributed by atoms with van der Waals surface area (Å²) < 4.78 is 37.3. The molecule has 0 radical (unpaired) electrons. The van der Waals surface area contributed by atoms with Crippen molar-refractivity contribution >= 4 is 11.6 Å². The Morgan fingerprint density at radius 2 is 2.15 bits per heavy atom. The van der Waals surface area contributed by atoms with Crippen LogP contribution in [0.3, 0.4) is 0 Å². The van der Waals surface area contributed by atoms with E-state index in [9.17, 15) is 13.2 Å². The predicted molar refractivity (Wildman–Crippen MR) is 43.4 cm³/mol. The van der Waals surface area contributed by atoms with Crippen molar-refractivity contribution < 1.29 is 13.2 Å². The van der Waals surface area contributed by atoms with E-state index < -0.39 is 17.8 Å². The standard InChI is InChI=1S/C8H7ClF3N/c1-4-6(10)2-5(8(11)12)7(3-9)13-4/h2,8H,3H2,1H3. The molecule has 0 amide bonds. The molecule has 1 heterocycles. The molecule has 0 atom stereocenters. The van der Waals surface area contributed by atoms with Crippen LogP contribution in [0.1, 0.15) is 23.4 Å². The second kappa shape index (κ2) is 3.96. The number of pyridine rings is 1. The highest BCUT2D eigenvalue weighted by atomic mass is 35.5. The van der Waals surface area contributed by atoms with Gasteiger partial charge in [-0.1, -0.05) is 0 Å². The van der Waals surface area contributed by atoms with E-state index >= 15 is 0 Å². The van der Waals surface area contributed by atoms with Gasteiger partial charge in [-0.25, -0.2) is 13.2 Å². The average molecular weight is 210 g/mol. The first-order valence-corrected chi connectivity index (χ1v) is 4.09. The van der Waals surface area contributed by atoms with Crippen molar-refractivity contribution in [1.82, 2.24) is 4.98 Å². The summed E-state index contributed by atoms with van der Waals surface area (Å²) in [5.74, 6) is -0.870. The summed E-state index contributed by atoms with van der Waals surface area (Å²) in [4.78, 5) is 3.63. The number of aryl methyl sites for hydroxylation is 1. The second-order valence-corrected chi connectivity index (χ2v) is 2.79. The predicted octanol–water partition coefficient (Wildman–Crippen LogP) is 3.21. The molecule has 0 aromatic carbocycles. The lowest BCUT2D eigenvalue weighted by atomic mass is 10.2. The molecule has 0 saturated heterocycles. The zero-order chi connectivity index (χ0) is 10.0. The van der Waals surface area contributed by atoms with Crippen LogP contribution in [0.25, 0.3) is 0 Å². The van der Waals surface area contributed by atoms with Gasteiger partial charge >= 0.3 is 0 Å². The zero-order valence-electron chi connectivity index (χ0n) is 6.82. The molecule has 5 heteroatoms. The fourth-order valence-electron chi connectivity index (χ4n) is 0.941. The Morgan fingerprint density at radius 3 is 2.62 bits per heavy atom. The maximum Gasteiger partial charge on any atom is 0.265 e. The summed E-state index contributed by atoms with van der Waals surface area (Å²) in [6, 6.07) is 0.782. The van der Waals surface area contributed by atoms with Crippen LogP contribution in [0.5, 0.6) is 0 Å². The van der Waals surface area contributed by atoms with Crippen molar-refractivity contribution in [1.29, 1.82) is 0 Å². The Hall–Kier alpha value is -0.770. The van der Waals surface area contributed by atoms with Gasteiger partial charge in [0.1, 0.15) is 5.82 Å². The highest BCUT2D eigenvalue weighted by Crippen LogP contribution is 2.24. The maximum absolute atomic E-state index is 12.8. The van der Waals surface area contributed by atoms with Gasteiger partial charge in [-0.15, -0.1) is 11.6 Å². The smallest absolute Gasteiger partial charge is 0.253 e. The maximum atomic E-state index is 12.8. The third-order valence-electron chi connectivity index (χ3n) is 1.63. The molecule has 0 bridgehead atoms. The molecule has 13 heavy (non-hydrogen) atoms. The summed E-state index contributed by atoms with van der Waals surface area (Å²) in [7, 11) is 0. The van der Waals surface area contributed by atoms with E-state index in [1.165, 1.54) is 6.92 Å². The van der Waals surface area contributed by atoms with Crippen LogP contribution < -0.4 is 0 Å². The number of nitrogens with zero attached hydrogens (tertiary/aromatic N) is 1. The summed E-state index contributed by atoms with van der Waals surface area (Å²) in [6.45, 7) is 1.40. The number of halogens is 4. The van der Waals surface area contributed by atoms with Crippen LogP contribution in [-0.4, -0.2) is 4.98 Å². The van der Waals surface area contributed by atoms with E-state index in [1.54, 1.807) is 0 Å². The van der Waals surface area contributed by atoms with Gasteiger partial charge in [-0.2, -0.15) is 0 Å². The molecular weight excluding hydrogens is 203 g/mol. The number of rotatable bonds is 2. The van der Waals surface area contributed by atoms with Crippen LogP contribution >= 0.6 is 11.6 Å². The van der Waals surface area contributed by atoms with Gasteiger partial charge in [-0.3, -0.25) is 4.98 Å². The van der Waals surface area contributed by atoms with Crippen molar-refractivity contribution in [2.75, 3.05) is 0 Å². The van der Waals surface area contributed by atoms with Gasteiger partial charge < -0.3 is 0 Å². The minimum absolute atomic E-state index is 0.0376. The second-order valence-electron chi connectivity index (χ2n) is 2.53. The van der Waals surface area contributed by atoms with Gasteiger partial charge in [0, 0.05) is 5.56 Å². The quantitative estimate of drug-likeness (QED) is 0.682. The Kier molecular flexibility index (Phi) is 3.14. The van der Waals surface area contributed by atoms with Crippen molar-refractivity contribution in [2.24, 2.45) is 0 Å². The monoisotopic (exact) mass is 209 g/mol. The topological polar surface area (TPSA) is 12.9 Å². The first-order valence-electron chi connectivity index (χ1n) is 3.56. The molecule has 0 aliphatic carbocycles. The minimum atomic E-state index is -2.74. The molecule has 0 spiro atoms. The molecule has 0 saturated carbocycles. The van der Waals surface area contributed by atoms with Gasteiger partial charge in [0.05, 0.1) is 17.3 Å². The Balaban J connectivity index is 3.25. The Labute approximate surface area is 78.5 Å².